The highest BCUT2D eigenvalue weighted by Crippen LogP contribution is 2.43. The highest BCUT2D eigenvalue weighted by molar-refractivity contribution is 6.33. The lowest BCUT2D eigenvalue weighted by molar-refractivity contribution is -0.287. The molecule has 0 aromatic heterocycles. The Labute approximate surface area is 212 Å². The van der Waals surface area contributed by atoms with Gasteiger partial charge in [0, 0.05) is 50.9 Å². The van der Waals surface area contributed by atoms with Gasteiger partial charge in [-0.05, 0) is 30.7 Å². The van der Waals surface area contributed by atoms with Crippen LogP contribution in [0, 0.1) is 11.3 Å². The Morgan fingerprint density at radius 2 is 1.89 bits per heavy atom. The number of hydrogen-bond acceptors (Lipinski definition) is 8. The highest BCUT2D eigenvalue weighted by atomic mass is 19.3. The molecule has 3 aliphatic rings. The molecule has 0 bridgehead atoms. The van der Waals surface area contributed by atoms with Crippen molar-refractivity contribution in [2.75, 3.05) is 32.7 Å². The molecule has 1 unspecified atom stereocenters. The first kappa shape index (κ1) is 24.6. The molecule has 1 fully saturated rings. The van der Waals surface area contributed by atoms with Gasteiger partial charge in [-0.15, -0.1) is 8.78 Å². The summed E-state index contributed by atoms with van der Waals surface area (Å²) in [5, 5.41) is 8.96. The third-order valence-electron chi connectivity index (χ3n) is 6.38. The average molecular weight is 510 g/mol. The molecule has 37 heavy (non-hydrogen) atoms. The Morgan fingerprint density at radius 1 is 1.14 bits per heavy atom. The zero-order valence-electron chi connectivity index (χ0n) is 20.2. The third-order valence-corrected chi connectivity index (χ3v) is 6.38. The summed E-state index contributed by atoms with van der Waals surface area (Å²) in [6.45, 7) is 4.61. The van der Waals surface area contributed by atoms with E-state index in [0.29, 0.717) is 50.3 Å². The number of nitrogens with zero attached hydrogens (tertiary/aromatic N) is 5. The second kappa shape index (κ2) is 9.78. The van der Waals surface area contributed by atoms with Crippen molar-refractivity contribution in [2.45, 2.75) is 31.9 Å². The summed E-state index contributed by atoms with van der Waals surface area (Å²) in [5.41, 5.74) is 2.29. The van der Waals surface area contributed by atoms with Crippen molar-refractivity contribution >= 4 is 18.0 Å². The van der Waals surface area contributed by atoms with Crippen LogP contribution in [0.15, 0.2) is 52.4 Å². The van der Waals surface area contributed by atoms with Crippen LogP contribution in [0.5, 0.6) is 11.5 Å². The monoisotopic (exact) mass is 509 g/mol. The number of para-hydroxylation sites is 1. The molecule has 0 aliphatic carbocycles. The molecule has 11 heteroatoms. The first-order valence-corrected chi connectivity index (χ1v) is 11.9. The van der Waals surface area contributed by atoms with Crippen LogP contribution in [-0.4, -0.2) is 72.5 Å². The van der Waals surface area contributed by atoms with Gasteiger partial charge in [0.25, 0.3) is 0 Å². The summed E-state index contributed by atoms with van der Waals surface area (Å²) in [4.78, 5) is 25.8. The molecule has 0 N–H and O–H groups in total. The first-order chi connectivity index (χ1) is 17.7. The Morgan fingerprint density at radius 3 is 2.62 bits per heavy atom. The van der Waals surface area contributed by atoms with Crippen LogP contribution < -0.4 is 9.47 Å². The van der Waals surface area contributed by atoms with Crippen molar-refractivity contribution in [2.24, 2.45) is 9.98 Å². The number of piperazine rings is 1. The Kier molecular flexibility index (Phi) is 6.52. The number of rotatable bonds is 6. The van der Waals surface area contributed by atoms with Crippen LogP contribution in [0.4, 0.5) is 13.6 Å². The summed E-state index contributed by atoms with van der Waals surface area (Å²) in [7, 11) is 0. The summed E-state index contributed by atoms with van der Waals surface area (Å²) >= 11 is 0. The Bertz CT molecular complexity index is 1280. The van der Waals surface area contributed by atoms with Crippen LogP contribution in [0.3, 0.4) is 0 Å². The second-order valence-corrected chi connectivity index (χ2v) is 9.29. The van der Waals surface area contributed by atoms with E-state index in [1.54, 1.807) is 29.3 Å². The summed E-state index contributed by atoms with van der Waals surface area (Å²) < 4.78 is 41.1. The number of fused-ring (bicyclic) bond motifs is 1. The number of alkyl halides is 2. The average Bonchev–Trinajstić information content (AvgIpc) is 3.40. The van der Waals surface area contributed by atoms with Crippen LogP contribution >= 0.6 is 0 Å². The van der Waals surface area contributed by atoms with E-state index in [4.69, 9.17) is 15.0 Å². The van der Waals surface area contributed by atoms with Crippen molar-refractivity contribution in [3.05, 3.63) is 59.2 Å². The smallest absolute Gasteiger partial charge is 0.444 e. The van der Waals surface area contributed by atoms with Crippen LogP contribution in [-0.2, 0) is 17.8 Å². The molecule has 3 aliphatic heterocycles. The molecule has 0 radical (unpaired) electrons. The van der Waals surface area contributed by atoms with E-state index in [9.17, 15) is 13.6 Å². The van der Waals surface area contributed by atoms with E-state index in [1.165, 1.54) is 12.1 Å². The lowest BCUT2D eigenvalue weighted by Crippen LogP contribution is -2.50. The van der Waals surface area contributed by atoms with E-state index in [0.717, 1.165) is 11.3 Å². The minimum Gasteiger partial charge on any atom is -0.444 e. The van der Waals surface area contributed by atoms with Crippen molar-refractivity contribution < 1.29 is 27.8 Å². The van der Waals surface area contributed by atoms with Gasteiger partial charge in [-0.25, -0.2) is 4.79 Å². The van der Waals surface area contributed by atoms with Crippen LogP contribution in [0.1, 0.15) is 23.6 Å². The fraction of sp³-hybridized carbons (Fsp3) is 0.385. The van der Waals surface area contributed by atoms with Crippen molar-refractivity contribution in [3.63, 3.8) is 0 Å². The topological polar surface area (TPSA) is 99.8 Å². The van der Waals surface area contributed by atoms with Gasteiger partial charge in [0.15, 0.2) is 17.2 Å². The molecule has 0 saturated carbocycles. The largest absolute Gasteiger partial charge is 0.586 e. The minimum absolute atomic E-state index is 0.0847. The van der Waals surface area contributed by atoms with Crippen LogP contribution in [0.2, 0.25) is 0 Å². The summed E-state index contributed by atoms with van der Waals surface area (Å²) in [6, 6.07) is 14.0. The zero-order chi connectivity index (χ0) is 26.0. The number of amides is 1. The molecule has 0 spiro atoms. The normalized spacial score (nSPS) is 22.0. The SMILES string of the molecule is CC1(Cc2ccc(C#N)cc2)N=CC(CN2CCN(C(=O)OCc3cccc4c3OC(F)(F)O4)CC2)=N1. The Balaban J connectivity index is 1.09. The molecule has 2 aromatic rings. The standard InChI is InChI=1S/C26H25F2N5O4/c1-25(13-18-5-7-19(14-29)8-6-18)30-15-21(31-25)16-32-9-11-33(12-10-32)24(34)35-17-20-3-2-4-22-23(20)37-26(27,28)36-22/h2-8,15H,9-13,16-17H2,1H3. The van der Waals surface area contributed by atoms with Crippen molar-refractivity contribution in [1.29, 1.82) is 5.26 Å². The molecule has 1 amide bonds. The summed E-state index contributed by atoms with van der Waals surface area (Å²) in [6.07, 6.45) is -1.80. The van der Waals surface area contributed by atoms with Crippen molar-refractivity contribution in [3.8, 4) is 17.6 Å². The first-order valence-electron chi connectivity index (χ1n) is 11.9. The van der Waals surface area contributed by atoms with Gasteiger partial charge in [-0.3, -0.25) is 14.9 Å². The molecule has 1 saturated heterocycles. The number of benzene rings is 2. The van der Waals surface area contributed by atoms with E-state index in [2.05, 4.69) is 25.4 Å². The lowest BCUT2D eigenvalue weighted by atomic mass is 10.0. The fourth-order valence-corrected chi connectivity index (χ4v) is 4.51. The maximum Gasteiger partial charge on any atom is 0.586 e. The Hall–Kier alpha value is -4.04. The fourth-order valence-electron chi connectivity index (χ4n) is 4.51. The molecule has 9 nitrogen and oxygen atoms in total. The van der Waals surface area contributed by atoms with Gasteiger partial charge < -0.3 is 19.1 Å². The van der Waals surface area contributed by atoms with Crippen LogP contribution in [0.25, 0.3) is 0 Å². The van der Waals surface area contributed by atoms with Gasteiger partial charge in [-0.1, -0.05) is 24.3 Å². The maximum atomic E-state index is 13.4. The predicted octanol–water partition coefficient (Wildman–Crippen LogP) is 3.62. The minimum atomic E-state index is -3.73. The number of hydrogen-bond donors (Lipinski definition) is 0. The van der Waals surface area contributed by atoms with Gasteiger partial charge in [0.2, 0.25) is 0 Å². The van der Waals surface area contributed by atoms with E-state index < -0.39 is 18.1 Å². The molecule has 2 aromatic carbocycles. The quantitative estimate of drug-likeness (QED) is 0.590. The number of carbonyl (C=O) groups excluding carboxylic acids is 1. The number of aliphatic imine (C=N–C) groups is 2. The van der Waals surface area contributed by atoms with E-state index in [1.807, 2.05) is 19.1 Å². The molecule has 5 rings (SSSR count). The lowest BCUT2D eigenvalue weighted by Gasteiger charge is -2.33. The highest BCUT2D eigenvalue weighted by Gasteiger charge is 2.44. The molecule has 192 valence electrons. The third kappa shape index (κ3) is 5.70. The van der Waals surface area contributed by atoms with Gasteiger partial charge >= 0.3 is 12.4 Å². The van der Waals surface area contributed by atoms with Gasteiger partial charge in [0.05, 0.1) is 17.3 Å². The van der Waals surface area contributed by atoms with Gasteiger partial charge in [0.1, 0.15) is 6.61 Å². The van der Waals surface area contributed by atoms with E-state index in [-0.39, 0.29) is 18.1 Å². The number of ether oxygens (including phenoxy) is 3. The molecular weight excluding hydrogens is 484 g/mol. The molecule has 1 atom stereocenters. The predicted molar refractivity (Wildman–Crippen MR) is 130 cm³/mol. The molecular formula is C26H25F2N5O4. The zero-order valence-corrected chi connectivity index (χ0v) is 20.2. The molecule has 3 heterocycles. The number of halogens is 2. The number of carbonyl (C=O) groups is 1. The second-order valence-electron chi connectivity index (χ2n) is 9.29. The van der Waals surface area contributed by atoms with Crippen molar-refractivity contribution in [1.82, 2.24) is 9.80 Å². The maximum absolute atomic E-state index is 13.4. The van der Waals surface area contributed by atoms with E-state index >= 15 is 0 Å². The summed E-state index contributed by atoms with van der Waals surface area (Å²) in [5.74, 6) is -0.200. The van der Waals surface area contributed by atoms with Gasteiger partial charge in [-0.2, -0.15) is 5.26 Å². The number of nitriles is 1.